The molecule has 0 spiro atoms. The highest BCUT2D eigenvalue weighted by molar-refractivity contribution is 6.07. The van der Waals surface area contributed by atoms with E-state index in [0.717, 1.165) is 38.6 Å². The van der Waals surface area contributed by atoms with Crippen LogP contribution in [0.4, 0.5) is 0 Å². The van der Waals surface area contributed by atoms with Crippen molar-refractivity contribution in [3.05, 3.63) is 0 Å². The van der Waals surface area contributed by atoms with Gasteiger partial charge in [0.2, 0.25) is 5.91 Å². The van der Waals surface area contributed by atoms with Gasteiger partial charge in [-0.15, -0.1) is 0 Å². The Labute approximate surface area is 113 Å². The molecule has 2 aliphatic carbocycles. The topological polar surface area (TPSA) is 78.9 Å². The Morgan fingerprint density at radius 2 is 1.95 bits per heavy atom. The number of likely N-dealkylation sites (tertiary alicyclic amines) is 1. The Morgan fingerprint density at radius 1 is 1.21 bits per heavy atom. The van der Waals surface area contributed by atoms with Crippen molar-refractivity contribution in [1.82, 2.24) is 4.90 Å². The summed E-state index contributed by atoms with van der Waals surface area (Å²) in [5.74, 6) is 0.914. The standard InChI is InChI=1S/C14H23N3O2/c15-12(16-19)14(7-3-8-14)13(18)17-9-2-5-10-4-1-6-11(10)17/h10-11,19H,1-9H2,(H2,15,16). The number of nitrogens with zero attached hydrogens (tertiary/aromatic N) is 2. The molecule has 106 valence electrons. The van der Waals surface area contributed by atoms with Crippen molar-refractivity contribution in [1.29, 1.82) is 0 Å². The number of hydrogen-bond acceptors (Lipinski definition) is 3. The molecule has 2 unspecified atom stereocenters. The number of oxime groups is 1. The molecule has 2 saturated carbocycles. The zero-order valence-electron chi connectivity index (χ0n) is 11.3. The predicted octanol–water partition coefficient (Wildman–Crippen LogP) is 1.69. The molecule has 1 heterocycles. The lowest BCUT2D eigenvalue weighted by Gasteiger charge is -2.46. The van der Waals surface area contributed by atoms with Crippen molar-refractivity contribution < 1.29 is 10.0 Å². The van der Waals surface area contributed by atoms with Crippen LogP contribution in [0.1, 0.15) is 51.4 Å². The predicted molar refractivity (Wildman–Crippen MR) is 71.8 cm³/mol. The molecule has 19 heavy (non-hydrogen) atoms. The average Bonchev–Trinajstić information content (AvgIpc) is 2.84. The normalized spacial score (nSPS) is 33.7. The van der Waals surface area contributed by atoms with Gasteiger partial charge < -0.3 is 15.8 Å². The second-order valence-corrected chi connectivity index (χ2v) is 6.32. The average molecular weight is 265 g/mol. The maximum absolute atomic E-state index is 12.9. The van der Waals surface area contributed by atoms with Gasteiger partial charge in [0.1, 0.15) is 5.41 Å². The number of fused-ring (bicyclic) bond motifs is 1. The fourth-order valence-electron chi connectivity index (χ4n) is 4.19. The van der Waals surface area contributed by atoms with Crippen LogP contribution in [0.2, 0.25) is 0 Å². The third-order valence-electron chi connectivity index (χ3n) is 5.47. The Hall–Kier alpha value is -1.26. The lowest BCUT2D eigenvalue weighted by Crippen LogP contribution is -2.59. The number of amidine groups is 1. The summed E-state index contributed by atoms with van der Waals surface area (Å²) >= 11 is 0. The van der Waals surface area contributed by atoms with Gasteiger partial charge in [0, 0.05) is 12.6 Å². The monoisotopic (exact) mass is 265 g/mol. The number of hydrogen-bond donors (Lipinski definition) is 2. The molecule has 0 aromatic carbocycles. The summed E-state index contributed by atoms with van der Waals surface area (Å²) in [7, 11) is 0. The van der Waals surface area contributed by atoms with E-state index in [1.807, 2.05) is 0 Å². The molecule has 2 atom stereocenters. The highest BCUT2D eigenvalue weighted by Gasteiger charge is 2.52. The van der Waals surface area contributed by atoms with Gasteiger partial charge in [-0.25, -0.2) is 0 Å². The van der Waals surface area contributed by atoms with E-state index in [2.05, 4.69) is 10.1 Å². The maximum atomic E-state index is 12.9. The van der Waals surface area contributed by atoms with Gasteiger partial charge >= 0.3 is 0 Å². The summed E-state index contributed by atoms with van der Waals surface area (Å²) < 4.78 is 0. The largest absolute Gasteiger partial charge is 0.409 e. The van der Waals surface area contributed by atoms with Crippen LogP contribution in [0.5, 0.6) is 0 Å². The smallest absolute Gasteiger partial charge is 0.236 e. The number of carbonyl (C=O) groups excluding carboxylic acids is 1. The van der Waals surface area contributed by atoms with Crippen molar-refractivity contribution in [2.24, 2.45) is 22.2 Å². The number of amides is 1. The summed E-state index contributed by atoms with van der Waals surface area (Å²) in [6, 6.07) is 0.408. The van der Waals surface area contributed by atoms with Crippen LogP contribution >= 0.6 is 0 Å². The van der Waals surface area contributed by atoms with Gasteiger partial charge in [0.15, 0.2) is 5.84 Å². The highest BCUT2D eigenvalue weighted by atomic mass is 16.4. The Bertz CT molecular complexity index is 403. The first-order chi connectivity index (χ1) is 9.19. The van der Waals surface area contributed by atoms with Crippen molar-refractivity contribution in [2.45, 2.75) is 57.4 Å². The van der Waals surface area contributed by atoms with Crippen LogP contribution in [0.3, 0.4) is 0 Å². The lowest BCUT2D eigenvalue weighted by atomic mass is 9.66. The molecule has 3 aliphatic rings. The number of carbonyl (C=O) groups is 1. The molecule has 3 N–H and O–H groups in total. The molecule has 5 nitrogen and oxygen atoms in total. The van der Waals surface area contributed by atoms with Crippen molar-refractivity contribution in [2.75, 3.05) is 6.54 Å². The minimum atomic E-state index is -0.695. The van der Waals surface area contributed by atoms with Crippen molar-refractivity contribution >= 4 is 11.7 Å². The molecule has 1 saturated heterocycles. The maximum Gasteiger partial charge on any atom is 0.236 e. The van der Waals surface area contributed by atoms with Crippen LogP contribution in [-0.4, -0.2) is 34.4 Å². The molecule has 0 bridgehead atoms. The third kappa shape index (κ3) is 1.82. The molecular weight excluding hydrogens is 242 g/mol. The Kier molecular flexibility index (Phi) is 3.15. The van der Waals surface area contributed by atoms with Gasteiger partial charge in [-0.3, -0.25) is 4.79 Å². The first kappa shape index (κ1) is 12.8. The zero-order valence-corrected chi connectivity index (χ0v) is 11.3. The molecule has 5 heteroatoms. The van der Waals surface area contributed by atoms with E-state index in [1.165, 1.54) is 19.3 Å². The van der Waals surface area contributed by atoms with Crippen LogP contribution in [0.15, 0.2) is 5.16 Å². The molecule has 0 radical (unpaired) electrons. The first-order valence-corrected chi connectivity index (χ1v) is 7.48. The Morgan fingerprint density at radius 3 is 2.58 bits per heavy atom. The molecule has 3 fully saturated rings. The van der Waals surface area contributed by atoms with E-state index in [-0.39, 0.29) is 11.7 Å². The summed E-state index contributed by atoms with van der Waals surface area (Å²) in [5.41, 5.74) is 5.12. The SMILES string of the molecule is NC(=NO)C1(C(=O)N2CCCC3CCCC32)CCC1. The van der Waals surface area contributed by atoms with Gasteiger partial charge in [-0.1, -0.05) is 18.0 Å². The minimum absolute atomic E-state index is 0.115. The fourth-order valence-corrected chi connectivity index (χ4v) is 4.19. The second kappa shape index (κ2) is 4.69. The second-order valence-electron chi connectivity index (χ2n) is 6.32. The van der Waals surface area contributed by atoms with E-state index in [0.29, 0.717) is 12.0 Å². The van der Waals surface area contributed by atoms with Crippen LogP contribution in [0, 0.1) is 11.3 Å². The highest BCUT2D eigenvalue weighted by Crippen LogP contribution is 2.46. The number of piperidine rings is 1. The fraction of sp³-hybridized carbons (Fsp3) is 0.857. The zero-order chi connectivity index (χ0) is 13.5. The van der Waals surface area contributed by atoms with E-state index >= 15 is 0 Å². The molecule has 0 aromatic heterocycles. The molecule has 0 aromatic rings. The third-order valence-corrected chi connectivity index (χ3v) is 5.47. The van der Waals surface area contributed by atoms with E-state index in [9.17, 15) is 4.79 Å². The van der Waals surface area contributed by atoms with Gasteiger partial charge in [0.25, 0.3) is 0 Å². The van der Waals surface area contributed by atoms with E-state index < -0.39 is 5.41 Å². The van der Waals surface area contributed by atoms with E-state index in [4.69, 9.17) is 10.9 Å². The van der Waals surface area contributed by atoms with Crippen LogP contribution in [0.25, 0.3) is 0 Å². The number of rotatable bonds is 2. The molecule has 1 amide bonds. The summed E-state index contributed by atoms with van der Waals surface area (Å²) in [6.07, 6.45) is 8.42. The van der Waals surface area contributed by atoms with E-state index in [1.54, 1.807) is 0 Å². The summed E-state index contributed by atoms with van der Waals surface area (Å²) in [6.45, 7) is 0.848. The van der Waals surface area contributed by atoms with Crippen LogP contribution in [-0.2, 0) is 4.79 Å². The first-order valence-electron chi connectivity index (χ1n) is 7.48. The molecular formula is C14H23N3O2. The Balaban J connectivity index is 1.82. The van der Waals surface area contributed by atoms with Crippen molar-refractivity contribution in [3.63, 3.8) is 0 Å². The summed E-state index contributed by atoms with van der Waals surface area (Å²) in [5, 5.41) is 12.1. The number of nitrogens with two attached hydrogens (primary N) is 1. The van der Waals surface area contributed by atoms with Crippen molar-refractivity contribution in [3.8, 4) is 0 Å². The van der Waals surface area contributed by atoms with Gasteiger partial charge in [0.05, 0.1) is 0 Å². The lowest BCUT2D eigenvalue weighted by molar-refractivity contribution is -0.147. The van der Waals surface area contributed by atoms with Crippen LogP contribution < -0.4 is 5.73 Å². The quantitative estimate of drug-likeness (QED) is 0.345. The molecule has 3 rings (SSSR count). The minimum Gasteiger partial charge on any atom is -0.409 e. The van der Waals surface area contributed by atoms with Gasteiger partial charge in [-0.05, 0) is 44.4 Å². The molecule has 1 aliphatic heterocycles. The summed E-state index contributed by atoms with van der Waals surface area (Å²) in [4.78, 5) is 15.0. The van der Waals surface area contributed by atoms with Gasteiger partial charge in [-0.2, -0.15) is 0 Å².